The predicted molar refractivity (Wildman–Crippen MR) is 63.8 cm³/mol. The zero-order chi connectivity index (χ0) is 12.0. The fraction of sp³-hybridized carbons (Fsp3) is 0.308. The third kappa shape index (κ3) is 2.70. The molecule has 2 unspecified atom stereocenters. The fourth-order valence-electron chi connectivity index (χ4n) is 2.05. The molecule has 0 aliphatic heterocycles. The van der Waals surface area contributed by atoms with Gasteiger partial charge in [0.25, 0.3) is 0 Å². The lowest BCUT2D eigenvalue weighted by molar-refractivity contribution is -0.106. The summed E-state index contributed by atoms with van der Waals surface area (Å²) >= 11 is 0. The summed E-state index contributed by atoms with van der Waals surface area (Å²) in [4.78, 5) is 8.58. The van der Waals surface area contributed by atoms with Crippen LogP contribution < -0.4 is 5.73 Å². The van der Waals surface area contributed by atoms with Gasteiger partial charge in [0.2, 0.25) is 6.41 Å². The van der Waals surface area contributed by atoms with Crippen molar-refractivity contribution in [3.63, 3.8) is 0 Å². The number of carbonyl (C=O) groups excluding carboxylic acids is 1. The Bertz CT molecular complexity index is 363. The van der Waals surface area contributed by atoms with Gasteiger partial charge in [-0.3, -0.25) is 4.79 Å². The molecule has 3 nitrogen and oxygen atoms in total. The number of fused-ring (bicyclic) bond motifs is 1. The molecule has 0 bridgehead atoms. The molecular weight excluding hydrogens is 202 g/mol. The van der Waals surface area contributed by atoms with Crippen molar-refractivity contribution in [2.75, 3.05) is 0 Å². The van der Waals surface area contributed by atoms with Crippen LogP contribution in [0.25, 0.3) is 0 Å². The van der Waals surface area contributed by atoms with Crippen LogP contribution in [0.3, 0.4) is 0 Å². The molecule has 0 saturated carbocycles. The Kier molecular flexibility index (Phi) is 4.73. The minimum atomic E-state index is -0.271. The van der Waals surface area contributed by atoms with Crippen molar-refractivity contribution in [2.45, 2.75) is 24.9 Å². The maximum Gasteiger partial charge on any atom is 0.204 e. The van der Waals surface area contributed by atoms with Crippen molar-refractivity contribution in [3.05, 3.63) is 48.0 Å². The monoisotopic (exact) mass is 219 g/mol. The Morgan fingerprint density at radius 3 is 2.44 bits per heavy atom. The first kappa shape index (κ1) is 12.5. The van der Waals surface area contributed by atoms with Gasteiger partial charge in [-0.05, 0) is 24.0 Å². The van der Waals surface area contributed by atoms with Crippen LogP contribution in [-0.2, 0) is 4.79 Å². The first-order chi connectivity index (χ1) is 7.74. The van der Waals surface area contributed by atoms with Crippen molar-refractivity contribution >= 4 is 6.41 Å². The number of aliphatic hydroxyl groups excluding tert-OH is 1. The lowest BCUT2D eigenvalue weighted by Crippen LogP contribution is -2.12. The van der Waals surface area contributed by atoms with Crippen LogP contribution in [0.4, 0.5) is 0 Å². The number of hydrogen-bond donors (Lipinski definition) is 2. The van der Waals surface area contributed by atoms with E-state index < -0.39 is 0 Å². The number of primary amides is 1. The van der Waals surface area contributed by atoms with Crippen molar-refractivity contribution < 1.29 is 9.90 Å². The number of amides is 1. The molecule has 2 atom stereocenters. The molecule has 0 heterocycles. The largest absolute Gasteiger partial charge is 0.388 e. The highest BCUT2D eigenvalue weighted by Gasteiger charge is 2.22. The van der Waals surface area contributed by atoms with E-state index in [4.69, 9.17) is 4.79 Å². The maximum absolute atomic E-state index is 9.74. The third-order valence-corrected chi connectivity index (χ3v) is 2.79. The van der Waals surface area contributed by atoms with Crippen LogP contribution in [0, 0.1) is 0 Å². The normalized spacial score (nSPS) is 22.3. The zero-order valence-corrected chi connectivity index (χ0v) is 9.17. The second kappa shape index (κ2) is 6.08. The summed E-state index contributed by atoms with van der Waals surface area (Å²) in [6, 6.07) is 8.10. The number of allylic oxidation sites excluding steroid dienone is 1. The molecule has 0 radical (unpaired) electrons. The highest BCUT2D eigenvalue weighted by Crippen LogP contribution is 2.37. The number of carbonyl (C=O) groups is 1. The van der Waals surface area contributed by atoms with Crippen LogP contribution >= 0.6 is 0 Å². The lowest BCUT2D eigenvalue weighted by atomic mass is 9.81. The van der Waals surface area contributed by atoms with E-state index in [2.05, 4.69) is 18.4 Å². The quantitative estimate of drug-likeness (QED) is 0.559. The van der Waals surface area contributed by atoms with Crippen molar-refractivity contribution in [1.82, 2.24) is 0 Å². The van der Waals surface area contributed by atoms with Gasteiger partial charge >= 0.3 is 0 Å². The molecule has 1 aromatic rings. The molecule has 0 aromatic heterocycles. The van der Waals surface area contributed by atoms with Gasteiger partial charge in [-0.15, -0.1) is 6.58 Å². The van der Waals surface area contributed by atoms with Crippen LogP contribution in [0.5, 0.6) is 0 Å². The van der Waals surface area contributed by atoms with Gasteiger partial charge in [0.15, 0.2) is 0 Å². The maximum atomic E-state index is 9.74. The highest BCUT2D eigenvalue weighted by molar-refractivity contribution is 5.42. The Morgan fingerprint density at radius 1 is 1.31 bits per heavy atom. The van der Waals surface area contributed by atoms with Crippen LogP contribution in [0.15, 0.2) is 36.9 Å². The first-order valence-corrected chi connectivity index (χ1v) is 5.29. The Morgan fingerprint density at radius 2 is 1.88 bits per heavy atom. The molecule has 1 aromatic carbocycles. The molecule has 2 rings (SSSR count). The van der Waals surface area contributed by atoms with Crippen molar-refractivity contribution in [1.29, 1.82) is 0 Å². The topological polar surface area (TPSA) is 63.3 Å². The molecule has 1 aliphatic carbocycles. The molecule has 1 aliphatic rings. The number of rotatable bonds is 1. The Balaban J connectivity index is 0.000000386. The van der Waals surface area contributed by atoms with E-state index in [0.717, 1.165) is 18.4 Å². The minimum Gasteiger partial charge on any atom is -0.388 e. The molecule has 86 valence electrons. The van der Waals surface area contributed by atoms with Gasteiger partial charge < -0.3 is 10.8 Å². The summed E-state index contributed by atoms with van der Waals surface area (Å²) in [6.45, 7) is 3.83. The molecular formula is C13H17NO2. The standard InChI is InChI=1S/C12H14O.CH3NO/c1-2-9-7-8-12(13)11-6-4-3-5-10(9)11;2-1-3/h2-6,9,12-13H,1,7-8H2;1H,(H2,2,3). The second-order valence-electron chi connectivity index (χ2n) is 3.70. The summed E-state index contributed by atoms with van der Waals surface area (Å²) in [6.07, 6.45) is 3.83. The molecule has 0 fully saturated rings. The summed E-state index contributed by atoms with van der Waals surface area (Å²) < 4.78 is 0. The van der Waals surface area contributed by atoms with E-state index in [1.807, 2.05) is 24.3 Å². The number of hydrogen-bond acceptors (Lipinski definition) is 2. The van der Waals surface area contributed by atoms with Gasteiger partial charge in [0.05, 0.1) is 6.10 Å². The molecule has 16 heavy (non-hydrogen) atoms. The van der Waals surface area contributed by atoms with Gasteiger partial charge in [-0.1, -0.05) is 30.3 Å². The van der Waals surface area contributed by atoms with E-state index in [1.54, 1.807) is 0 Å². The van der Waals surface area contributed by atoms with Gasteiger partial charge in [-0.2, -0.15) is 0 Å². The molecule has 3 heteroatoms. The number of nitrogens with two attached hydrogens (primary N) is 1. The first-order valence-electron chi connectivity index (χ1n) is 5.29. The third-order valence-electron chi connectivity index (χ3n) is 2.79. The summed E-state index contributed by atoms with van der Waals surface area (Å²) in [7, 11) is 0. The van der Waals surface area contributed by atoms with Crippen LogP contribution in [0.1, 0.15) is 36.0 Å². The fourth-order valence-corrected chi connectivity index (χ4v) is 2.05. The molecule has 1 amide bonds. The number of benzene rings is 1. The smallest absolute Gasteiger partial charge is 0.204 e. The van der Waals surface area contributed by atoms with E-state index in [9.17, 15) is 5.11 Å². The van der Waals surface area contributed by atoms with Crippen molar-refractivity contribution in [2.24, 2.45) is 5.73 Å². The van der Waals surface area contributed by atoms with Gasteiger partial charge in [-0.25, -0.2) is 0 Å². The van der Waals surface area contributed by atoms with Crippen LogP contribution in [-0.4, -0.2) is 11.5 Å². The summed E-state index contributed by atoms with van der Waals surface area (Å²) in [5.41, 5.74) is 6.50. The van der Waals surface area contributed by atoms with E-state index >= 15 is 0 Å². The minimum absolute atomic E-state index is 0.250. The average molecular weight is 219 g/mol. The lowest BCUT2D eigenvalue weighted by Gasteiger charge is -2.26. The molecule has 0 saturated heterocycles. The Hall–Kier alpha value is -1.61. The van der Waals surface area contributed by atoms with Crippen LogP contribution in [0.2, 0.25) is 0 Å². The highest BCUT2D eigenvalue weighted by atomic mass is 16.3. The summed E-state index contributed by atoms with van der Waals surface area (Å²) in [5, 5.41) is 9.74. The zero-order valence-electron chi connectivity index (χ0n) is 9.17. The van der Waals surface area contributed by atoms with E-state index in [1.165, 1.54) is 5.56 Å². The van der Waals surface area contributed by atoms with Gasteiger partial charge in [0.1, 0.15) is 0 Å². The predicted octanol–water partition coefficient (Wildman–Crippen LogP) is 1.88. The molecule has 3 N–H and O–H groups in total. The number of aliphatic hydroxyl groups is 1. The summed E-state index contributed by atoms with van der Waals surface area (Å²) in [5.74, 6) is 0.430. The van der Waals surface area contributed by atoms with Gasteiger partial charge in [0, 0.05) is 5.92 Å². The van der Waals surface area contributed by atoms with E-state index in [0.29, 0.717) is 5.92 Å². The SMILES string of the molecule is C=CC1CCC(O)c2ccccc21.NC=O. The van der Waals surface area contributed by atoms with Crippen molar-refractivity contribution in [3.8, 4) is 0 Å². The average Bonchev–Trinajstić information content (AvgIpc) is 2.31. The Labute approximate surface area is 95.6 Å². The second-order valence-corrected chi connectivity index (χ2v) is 3.70. The van der Waals surface area contributed by atoms with E-state index in [-0.39, 0.29) is 12.5 Å². The molecule has 0 spiro atoms.